The molecule has 1 aliphatic rings. The molecule has 2 N–H and O–H groups in total. The van der Waals surface area contributed by atoms with E-state index in [1.165, 1.54) is 0 Å². The van der Waals surface area contributed by atoms with Gasteiger partial charge in [-0.3, -0.25) is 0 Å². The van der Waals surface area contributed by atoms with Gasteiger partial charge in [-0.15, -0.1) is 6.58 Å². The average Bonchev–Trinajstić information content (AvgIpc) is 2.61. The van der Waals surface area contributed by atoms with Gasteiger partial charge in [0.05, 0.1) is 9.47 Å². The Morgan fingerprint density at radius 2 is 2.60 bits per heavy atom. The predicted molar refractivity (Wildman–Crippen MR) is 41.0 cm³/mol. The minimum Gasteiger partial charge on any atom is -0.450 e. The Bertz CT molecular complexity index is 183. The fraction of sp³-hybridized carbons (Fsp3) is 0.500. The Morgan fingerprint density at radius 3 is 2.90 bits per heavy atom. The van der Waals surface area contributed by atoms with Crippen LogP contribution in [-0.2, 0) is 9.32 Å². The molecular formula is C6H10NO2P. The number of carbonyl (C=O) groups is 1. The molecule has 0 saturated heterocycles. The van der Waals surface area contributed by atoms with Gasteiger partial charge in [-0.05, 0) is 6.42 Å². The van der Waals surface area contributed by atoms with Gasteiger partial charge in [-0.2, -0.15) is 0 Å². The zero-order valence-electron chi connectivity index (χ0n) is 5.54. The molecule has 0 aromatic rings. The number of hydrogen-bond acceptors (Lipinski definition) is 3. The van der Waals surface area contributed by atoms with E-state index in [0.29, 0.717) is 6.42 Å². The minimum absolute atomic E-state index is 0.0977. The molecule has 0 aromatic heterocycles. The maximum atomic E-state index is 10.8. The van der Waals surface area contributed by atoms with Gasteiger partial charge in [0.25, 0.3) is 0 Å². The van der Waals surface area contributed by atoms with E-state index in [0.717, 1.165) is 0 Å². The van der Waals surface area contributed by atoms with Crippen molar-refractivity contribution >= 4 is 15.4 Å². The van der Waals surface area contributed by atoms with Crippen LogP contribution in [-0.4, -0.2) is 11.5 Å². The van der Waals surface area contributed by atoms with E-state index in [9.17, 15) is 4.79 Å². The fourth-order valence-corrected chi connectivity index (χ4v) is 1.16. The molecule has 1 aliphatic carbocycles. The van der Waals surface area contributed by atoms with Crippen LogP contribution in [0, 0.1) is 5.92 Å². The second-order valence-electron chi connectivity index (χ2n) is 2.49. The highest BCUT2D eigenvalue weighted by Crippen LogP contribution is 2.42. The summed E-state index contributed by atoms with van der Waals surface area (Å²) in [6, 6.07) is 0. The third kappa shape index (κ3) is 0.957. The predicted octanol–water partition coefficient (Wildman–Crippen LogP) is 0.223. The quantitative estimate of drug-likeness (QED) is 0.463. The van der Waals surface area contributed by atoms with Crippen LogP contribution in [0.2, 0.25) is 0 Å². The first kappa shape index (κ1) is 7.70. The Hall–Kier alpha value is -0.400. The first-order valence-corrected chi connectivity index (χ1v) is 3.45. The van der Waals surface area contributed by atoms with E-state index in [-0.39, 0.29) is 11.9 Å². The third-order valence-electron chi connectivity index (χ3n) is 1.83. The van der Waals surface area contributed by atoms with Gasteiger partial charge in [0.2, 0.25) is 0 Å². The Morgan fingerprint density at radius 1 is 2.00 bits per heavy atom. The van der Waals surface area contributed by atoms with Crippen molar-refractivity contribution in [1.82, 2.24) is 0 Å². The molecule has 1 rings (SSSR count). The Kier molecular flexibility index (Phi) is 1.80. The molecule has 0 spiro atoms. The van der Waals surface area contributed by atoms with Crippen molar-refractivity contribution in [2.75, 3.05) is 0 Å². The number of carbonyl (C=O) groups excluding carboxylic acids is 1. The number of rotatable bonds is 2. The molecule has 1 fully saturated rings. The summed E-state index contributed by atoms with van der Waals surface area (Å²) in [7, 11) is 1.89. The van der Waals surface area contributed by atoms with Crippen LogP contribution in [0.4, 0.5) is 0 Å². The smallest absolute Gasteiger partial charge is 0.328 e. The maximum Gasteiger partial charge on any atom is 0.328 e. The van der Waals surface area contributed by atoms with Crippen molar-refractivity contribution in [2.45, 2.75) is 12.0 Å². The summed E-state index contributed by atoms with van der Waals surface area (Å²) >= 11 is 0. The van der Waals surface area contributed by atoms with Crippen LogP contribution in [0.15, 0.2) is 12.7 Å². The molecule has 0 bridgehead atoms. The molecule has 3 nitrogen and oxygen atoms in total. The first-order chi connectivity index (χ1) is 4.65. The molecule has 10 heavy (non-hydrogen) atoms. The van der Waals surface area contributed by atoms with Gasteiger partial charge in [0.15, 0.2) is 0 Å². The largest absolute Gasteiger partial charge is 0.450 e. The summed E-state index contributed by atoms with van der Waals surface area (Å²) in [6.45, 7) is 3.54. The van der Waals surface area contributed by atoms with Crippen LogP contribution in [0.3, 0.4) is 0 Å². The van der Waals surface area contributed by atoms with Crippen molar-refractivity contribution < 1.29 is 9.32 Å². The van der Waals surface area contributed by atoms with E-state index in [2.05, 4.69) is 11.1 Å². The lowest BCUT2D eigenvalue weighted by molar-refractivity contribution is -0.135. The Labute approximate surface area is 61.9 Å². The molecular weight excluding hydrogens is 149 g/mol. The van der Waals surface area contributed by atoms with Crippen LogP contribution in [0.25, 0.3) is 0 Å². The van der Waals surface area contributed by atoms with Crippen molar-refractivity contribution in [1.29, 1.82) is 0 Å². The van der Waals surface area contributed by atoms with E-state index in [1.54, 1.807) is 6.08 Å². The van der Waals surface area contributed by atoms with Crippen molar-refractivity contribution in [2.24, 2.45) is 11.7 Å². The van der Waals surface area contributed by atoms with E-state index >= 15 is 0 Å². The maximum absolute atomic E-state index is 10.8. The summed E-state index contributed by atoms with van der Waals surface area (Å²) in [5.41, 5.74) is 4.82. The SMILES string of the molecule is C=C[C@H]1C[C@]1(N)C(=O)OP. The highest BCUT2D eigenvalue weighted by Gasteiger charge is 2.56. The summed E-state index contributed by atoms with van der Waals surface area (Å²) in [4.78, 5) is 10.8. The zero-order valence-corrected chi connectivity index (χ0v) is 6.69. The van der Waals surface area contributed by atoms with Crippen LogP contribution < -0.4 is 5.73 Å². The molecule has 4 heteroatoms. The summed E-state index contributed by atoms with van der Waals surface area (Å²) in [6.07, 6.45) is 2.34. The highest BCUT2D eigenvalue weighted by atomic mass is 31.0. The van der Waals surface area contributed by atoms with Gasteiger partial charge >= 0.3 is 5.97 Å². The molecule has 0 heterocycles. The average molecular weight is 159 g/mol. The molecule has 0 aromatic carbocycles. The van der Waals surface area contributed by atoms with Crippen LogP contribution in [0.5, 0.6) is 0 Å². The lowest BCUT2D eigenvalue weighted by Gasteiger charge is -2.04. The molecule has 1 unspecified atom stereocenters. The summed E-state index contributed by atoms with van der Waals surface area (Å²) in [5, 5.41) is 0. The van der Waals surface area contributed by atoms with Crippen molar-refractivity contribution in [3.8, 4) is 0 Å². The second-order valence-corrected chi connectivity index (χ2v) is 2.73. The van der Waals surface area contributed by atoms with Crippen molar-refractivity contribution in [3.63, 3.8) is 0 Å². The fourth-order valence-electron chi connectivity index (χ4n) is 0.943. The van der Waals surface area contributed by atoms with Crippen LogP contribution >= 0.6 is 9.47 Å². The monoisotopic (exact) mass is 159 g/mol. The second kappa shape index (κ2) is 2.33. The molecule has 0 amide bonds. The van der Waals surface area contributed by atoms with Gasteiger partial charge in [0.1, 0.15) is 5.54 Å². The van der Waals surface area contributed by atoms with E-state index < -0.39 is 5.54 Å². The summed E-state index contributed by atoms with van der Waals surface area (Å²) in [5.74, 6) is -0.275. The lowest BCUT2D eigenvalue weighted by Crippen LogP contribution is -2.35. The minimum atomic E-state index is -0.774. The van der Waals surface area contributed by atoms with Gasteiger partial charge in [-0.1, -0.05) is 6.08 Å². The van der Waals surface area contributed by atoms with Gasteiger partial charge in [-0.25, -0.2) is 4.79 Å². The molecule has 0 radical (unpaired) electrons. The van der Waals surface area contributed by atoms with Crippen LogP contribution in [0.1, 0.15) is 6.42 Å². The van der Waals surface area contributed by atoms with E-state index in [4.69, 9.17) is 5.73 Å². The number of nitrogens with two attached hydrogens (primary N) is 1. The lowest BCUT2D eigenvalue weighted by atomic mass is 10.2. The molecule has 0 aliphatic heterocycles. The standard InChI is InChI=1S/C6H10NO2P/c1-2-4-3-6(4,7)5(8)9-10/h2,4H,1,3,7,10H2/t4-,6+/m0/s1. The zero-order chi connectivity index (χ0) is 7.78. The summed E-state index contributed by atoms with van der Waals surface area (Å²) < 4.78 is 4.41. The molecule has 3 atom stereocenters. The third-order valence-corrected chi connectivity index (χ3v) is 2.04. The molecule has 1 saturated carbocycles. The van der Waals surface area contributed by atoms with E-state index in [1.807, 2.05) is 9.47 Å². The normalized spacial score (nSPS) is 36.8. The van der Waals surface area contributed by atoms with Gasteiger partial charge in [0, 0.05) is 5.92 Å². The topological polar surface area (TPSA) is 52.3 Å². The first-order valence-electron chi connectivity index (χ1n) is 2.97. The Balaban J connectivity index is 2.58. The van der Waals surface area contributed by atoms with Crippen molar-refractivity contribution in [3.05, 3.63) is 12.7 Å². The highest BCUT2D eigenvalue weighted by molar-refractivity contribution is 7.10. The molecule has 56 valence electrons. The number of hydrogen-bond donors (Lipinski definition) is 1. The van der Waals surface area contributed by atoms with Gasteiger partial charge < -0.3 is 10.3 Å².